The maximum absolute atomic E-state index is 13.1. The van der Waals surface area contributed by atoms with Crippen molar-refractivity contribution in [1.29, 1.82) is 0 Å². The Bertz CT molecular complexity index is 1090. The van der Waals surface area contributed by atoms with Crippen molar-refractivity contribution in [2.45, 2.75) is 18.9 Å². The molecule has 8 nitrogen and oxygen atoms in total. The van der Waals surface area contributed by atoms with Crippen LogP contribution in [-0.4, -0.2) is 52.1 Å². The summed E-state index contributed by atoms with van der Waals surface area (Å²) in [4.78, 5) is 27.4. The van der Waals surface area contributed by atoms with Gasteiger partial charge in [-0.15, -0.1) is 10.2 Å². The molecule has 3 heterocycles. The van der Waals surface area contributed by atoms with Crippen LogP contribution in [0.25, 0.3) is 5.65 Å². The van der Waals surface area contributed by atoms with Crippen LogP contribution >= 0.6 is 11.8 Å². The van der Waals surface area contributed by atoms with Crippen molar-refractivity contribution in [2.24, 2.45) is 5.92 Å². The van der Waals surface area contributed by atoms with E-state index in [1.807, 2.05) is 59.3 Å². The van der Waals surface area contributed by atoms with E-state index in [0.29, 0.717) is 18.1 Å². The Morgan fingerprint density at radius 1 is 1.29 bits per heavy atom. The highest BCUT2D eigenvalue weighted by Crippen LogP contribution is 2.29. The van der Waals surface area contributed by atoms with Crippen LogP contribution in [0.15, 0.2) is 48.7 Å². The molecule has 2 aromatic heterocycles. The van der Waals surface area contributed by atoms with E-state index in [1.165, 1.54) is 0 Å². The second-order valence-corrected chi connectivity index (χ2v) is 8.42. The fraction of sp³-hybridized carbons (Fsp3) is 0.364. The van der Waals surface area contributed by atoms with Crippen LogP contribution in [0, 0.1) is 5.92 Å². The molecule has 1 fully saturated rings. The van der Waals surface area contributed by atoms with Crippen LogP contribution in [0.4, 0.5) is 5.69 Å². The highest BCUT2D eigenvalue weighted by Gasteiger charge is 2.36. The number of thioether (sulfide) groups is 1. The lowest BCUT2D eigenvalue weighted by molar-refractivity contribution is -0.127. The molecule has 0 bridgehead atoms. The lowest BCUT2D eigenvalue weighted by Gasteiger charge is -2.20. The van der Waals surface area contributed by atoms with Crippen molar-refractivity contribution in [2.75, 3.05) is 30.6 Å². The molecule has 3 aromatic rings. The second kappa shape index (κ2) is 9.38. The maximum atomic E-state index is 13.1. The number of amides is 2. The summed E-state index contributed by atoms with van der Waals surface area (Å²) in [6, 6.07) is 12.7. The molecule has 0 radical (unpaired) electrons. The first kappa shape index (κ1) is 21.2. The minimum absolute atomic E-state index is 0.0676. The first-order chi connectivity index (χ1) is 15.1. The first-order valence-electron chi connectivity index (χ1n) is 10.1. The zero-order chi connectivity index (χ0) is 21.8. The number of carbonyl (C=O) groups excluding carboxylic acids is 2. The number of hydrogen-bond donors (Lipinski definition) is 1. The Labute approximate surface area is 185 Å². The van der Waals surface area contributed by atoms with Crippen LogP contribution in [0.1, 0.15) is 24.7 Å². The average Bonchev–Trinajstić information content (AvgIpc) is 3.40. The van der Waals surface area contributed by atoms with Gasteiger partial charge in [0, 0.05) is 30.9 Å². The third-order valence-electron chi connectivity index (χ3n) is 5.44. The molecule has 2 atom stereocenters. The first-order valence-corrected chi connectivity index (χ1v) is 11.5. The molecule has 1 aromatic carbocycles. The number of methoxy groups -OCH3 is 1. The number of fused-ring (bicyclic) bond motifs is 1. The van der Waals surface area contributed by atoms with E-state index in [0.717, 1.165) is 23.5 Å². The zero-order valence-electron chi connectivity index (χ0n) is 17.5. The van der Waals surface area contributed by atoms with E-state index in [4.69, 9.17) is 4.74 Å². The van der Waals surface area contributed by atoms with Gasteiger partial charge >= 0.3 is 0 Å². The Morgan fingerprint density at radius 3 is 2.97 bits per heavy atom. The number of pyridine rings is 1. The molecular formula is C22H25N5O3S. The standard InChI is InChI=1S/C22H25N5O3S/c1-30-17-7-5-6-16(13-17)27-14-15(12-20(27)28)22(29)23-18(9-11-31-2)21-25-24-19-8-3-4-10-26(19)21/h3-8,10,13,15,18H,9,11-12,14H2,1-2H3,(H,23,29). The summed E-state index contributed by atoms with van der Waals surface area (Å²) in [6.07, 6.45) is 4.83. The number of rotatable bonds is 8. The topological polar surface area (TPSA) is 88.8 Å². The Morgan fingerprint density at radius 2 is 2.16 bits per heavy atom. The summed E-state index contributed by atoms with van der Waals surface area (Å²) < 4.78 is 7.15. The van der Waals surface area contributed by atoms with Gasteiger partial charge in [0.2, 0.25) is 11.8 Å². The van der Waals surface area contributed by atoms with Gasteiger partial charge in [0.25, 0.3) is 0 Å². The minimum atomic E-state index is -0.422. The third-order valence-corrected chi connectivity index (χ3v) is 6.08. The van der Waals surface area contributed by atoms with Gasteiger partial charge in [-0.2, -0.15) is 11.8 Å². The lowest BCUT2D eigenvalue weighted by Crippen LogP contribution is -2.36. The smallest absolute Gasteiger partial charge is 0.227 e. The molecule has 1 saturated heterocycles. The fourth-order valence-corrected chi connectivity index (χ4v) is 4.27. The third kappa shape index (κ3) is 4.51. The summed E-state index contributed by atoms with van der Waals surface area (Å²) in [5.41, 5.74) is 1.48. The van der Waals surface area contributed by atoms with Crippen LogP contribution in [0.2, 0.25) is 0 Å². The van der Waals surface area contributed by atoms with Gasteiger partial charge in [-0.1, -0.05) is 12.1 Å². The summed E-state index contributed by atoms with van der Waals surface area (Å²) >= 11 is 1.71. The molecule has 2 amide bonds. The van der Waals surface area contributed by atoms with Gasteiger partial charge in [0.05, 0.1) is 19.1 Å². The molecule has 0 saturated carbocycles. The molecule has 9 heteroatoms. The predicted octanol–water partition coefficient (Wildman–Crippen LogP) is 2.70. The van der Waals surface area contributed by atoms with Gasteiger partial charge < -0.3 is 15.0 Å². The van der Waals surface area contributed by atoms with Gasteiger partial charge in [-0.25, -0.2) is 0 Å². The van der Waals surface area contributed by atoms with E-state index in [9.17, 15) is 9.59 Å². The number of anilines is 1. The summed E-state index contributed by atoms with van der Waals surface area (Å²) in [5.74, 6) is 1.61. The van der Waals surface area contributed by atoms with Crippen LogP contribution in [0.3, 0.4) is 0 Å². The minimum Gasteiger partial charge on any atom is -0.497 e. The summed E-state index contributed by atoms with van der Waals surface area (Å²) in [7, 11) is 1.59. The van der Waals surface area contributed by atoms with Gasteiger partial charge in [0.15, 0.2) is 11.5 Å². The number of aromatic nitrogens is 3. The molecular weight excluding hydrogens is 414 g/mol. The molecule has 2 unspecified atom stereocenters. The Kier molecular flexibility index (Phi) is 6.41. The van der Waals surface area contributed by atoms with Crippen LogP contribution in [0.5, 0.6) is 5.75 Å². The molecule has 1 aliphatic heterocycles. The van der Waals surface area contributed by atoms with E-state index in [1.54, 1.807) is 23.8 Å². The predicted molar refractivity (Wildman–Crippen MR) is 120 cm³/mol. The van der Waals surface area contributed by atoms with Gasteiger partial charge in [0.1, 0.15) is 5.75 Å². The monoisotopic (exact) mass is 439 g/mol. The van der Waals surface area contributed by atoms with Crippen molar-refractivity contribution in [1.82, 2.24) is 19.9 Å². The van der Waals surface area contributed by atoms with Crippen molar-refractivity contribution >= 4 is 34.9 Å². The average molecular weight is 440 g/mol. The van der Waals surface area contributed by atoms with Crippen molar-refractivity contribution in [3.05, 3.63) is 54.5 Å². The second-order valence-electron chi connectivity index (χ2n) is 7.44. The van der Waals surface area contributed by atoms with Crippen LogP contribution in [-0.2, 0) is 9.59 Å². The summed E-state index contributed by atoms with van der Waals surface area (Å²) in [5, 5.41) is 11.7. The van der Waals surface area contributed by atoms with E-state index < -0.39 is 5.92 Å². The Hall–Kier alpha value is -3.07. The van der Waals surface area contributed by atoms with E-state index >= 15 is 0 Å². The molecule has 31 heavy (non-hydrogen) atoms. The number of hydrogen-bond acceptors (Lipinski definition) is 6. The highest BCUT2D eigenvalue weighted by atomic mass is 32.2. The summed E-state index contributed by atoms with van der Waals surface area (Å²) in [6.45, 7) is 0.341. The highest BCUT2D eigenvalue weighted by molar-refractivity contribution is 7.98. The normalized spacial score (nSPS) is 17.2. The fourth-order valence-electron chi connectivity index (χ4n) is 3.80. The zero-order valence-corrected chi connectivity index (χ0v) is 18.3. The number of carbonyl (C=O) groups is 2. The quantitative estimate of drug-likeness (QED) is 0.581. The number of ether oxygens (including phenoxy) is 1. The lowest BCUT2D eigenvalue weighted by atomic mass is 10.1. The largest absolute Gasteiger partial charge is 0.497 e. The van der Waals surface area contributed by atoms with Crippen molar-refractivity contribution in [3.8, 4) is 5.75 Å². The molecule has 0 spiro atoms. The number of benzene rings is 1. The van der Waals surface area contributed by atoms with Gasteiger partial charge in [-0.3, -0.25) is 14.0 Å². The molecule has 1 aliphatic rings. The molecule has 4 rings (SSSR count). The van der Waals surface area contributed by atoms with E-state index in [2.05, 4.69) is 15.5 Å². The maximum Gasteiger partial charge on any atom is 0.227 e. The number of nitrogens with one attached hydrogen (secondary N) is 1. The van der Waals surface area contributed by atoms with E-state index in [-0.39, 0.29) is 24.3 Å². The molecule has 1 N–H and O–H groups in total. The van der Waals surface area contributed by atoms with Crippen LogP contribution < -0.4 is 15.0 Å². The SMILES string of the molecule is COc1cccc(N2CC(C(=O)NC(CCSC)c3nnc4ccccn34)CC2=O)c1. The Balaban J connectivity index is 1.50. The van der Waals surface area contributed by atoms with Crippen molar-refractivity contribution in [3.63, 3.8) is 0 Å². The number of nitrogens with zero attached hydrogens (tertiary/aromatic N) is 4. The molecule has 0 aliphatic carbocycles. The molecule has 162 valence electrons. The van der Waals surface area contributed by atoms with Crippen molar-refractivity contribution < 1.29 is 14.3 Å². The van der Waals surface area contributed by atoms with Gasteiger partial charge in [-0.05, 0) is 42.7 Å².